The Morgan fingerprint density at radius 3 is 2.52 bits per heavy atom. The molecule has 128 valence electrons. The maximum atomic E-state index is 12.3. The maximum absolute atomic E-state index is 12.3. The van der Waals surface area contributed by atoms with Crippen molar-refractivity contribution in [3.05, 3.63) is 59.6 Å². The van der Waals surface area contributed by atoms with Crippen molar-refractivity contribution in [1.82, 2.24) is 20.6 Å². The van der Waals surface area contributed by atoms with E-state index < -0.39 is 12.0 Å². The summed E-state index contributed by atoms with van der Waals surface area (Å²) >= 11 is 0. The zero-order valence-corrected chi connectivity index (χ0v) is 13.9. The Bertz CT molecular complexity index is 816. The zero-order valence-electron chi connectivity index (χ0n) is 13.9. The number of amides is 2. The standard InChI is InChI=1S/C18H18N4O3/c1-3-25-17(23)14-11(2)21-18(24)22-15(14)13-9-19-16(20-10-13)12-7-5-4-6-8-12/h4-10,15H,3H2,1-2H3,(H2,21,22,24)/t15-/m1/s1. The highest BCUT2D eigenvalue weighted by molar-refractivity contribution is 5.94. The highest BCUT2D eigenvalue weighted by atomic mass is 16.5. The van der Waals surface area contributed by atoms with Crippen LogP contribution in [-0.2, 0) is 9.53 Å². The minimum Gasteiger partial charge on any atom is -0.463 e. The Balaban J connectivity index is 1.94. The number of hydrogen-bond acceptors (Lipinski definition) is 5. The third-order valence-electron chi connectivity index (χ3n) is 3.80. The number of nitrogens with zero attached hydrogens (tertiary/aromatic N) is 2. The first-order valence-corrected chi connectivity index (χ1v) is 7.93. The number of nitrogens with one attached hydrogen (secondary N) is 2. The van der Waals surface area contributed by atoms with E-state index >= 15 is 0 Å². The summed E-state index contributed by atoms with van der Waals surface area (Å²) in [5, 5.41) is 5.32. The molecule has 0 bridgehead atoms. The van der Waals surface area contributed by atoms with Crippen molar-refractivity contribution in [3.8, 4) is 11.4 Å². The first-order chi connectivity index (χ1) is 12.1. The topological polar surface area (TPSA) is 93.2 Å². The van der Waals surface area contributed by atoms with Gasteiger partial charge in [-0.2, -0.15) is 0 Å². The lowest BCUT2D eigenvalue weighted by atomic mass is 9.98. The maximum Gasteiger partial charge on any atom is 0.338 e. The third-order valence-corrected chi connectivity index (χ3v) is 3.80. The number of carbonyl (C=O) groups is 2. The van der Waals surface area contributed by atoms with Gasteiger partial charge in [-0.25, -0.2) is 19.6 Å². The lowest BCUT2D eigenvalue weighted by Crippen LogP contribution is -2.45. The highest BCUT2D eigenvalue weighted by Crippen LogP contribution is 2.27. The fraction of sp³-hybridized carbons (Fsp3) is 0.222. The first kappa shape index (κ1) is 16.6. The molecule has 3 rings (SSSR count). The van der Waals surface area contributed by atoms with E-state index in [2.05, 4.69) is 20.6 Å². The molecule has 0 fully saturated rings. The molecule has 2 heterocycles. The molecule has 2 N–H and O–H groups in total. The summed E-state index contributed by atoms with van der Waals surface area (Å²) in [5.74, 6) is 0.0904. The second-order valence-corrected chi connectivity index (χ2v) is 5.50. The zero-order chi connectivity index (χ0) is 17.8. The van der Waals surface area contributed by atoms with Gasteiger partial charge in [0.15, 0.2) is 5.82 Å². The van der Waals surface area contributed by atoms with Gasteiger partial charge in [0.1, 0.15) is 0 Å². The first-order valence-electron chi connectivity index (χ1n) is 7.93. The molecule has 2 aromatic rings. The van der Waals surface area contributed by atoms with E-state index in [1.807, 2.05) is 30.3 Å². The predicted molar refractivity (Wildman–Crippen MR) is 91.2 cm³/mol. The normalized spacial score (nSPS) is 16.9. The molecule has 1 aromatic carbocycles. The lowest BCUT2D eigenvalue weighted by Gasteiger charge is -2.27. The molecule has 2 amide bonds. The summed E-state index contributed by atoms with van der Waals surface area (Å²) in [6, 6.07) is 8.52. The quantitative estimate of drug-likeness (QED) is 0.835. The summed E-state index contributed by atoms with van der Waals surface area (Å²) in [6.45, 7) is 3.65. The van der Waals surface area contributed by atoms with Gasteiger partial charge in [-0.05, 0) is 13.8 Å². The van der Waals surface area contributed by atoms with Gasteiger partial charge < -0.3 is 15.4 Å². The number of ether oxygens (including phenoxy) is 1. The second-order valence-electron chi connectivity index (χ2n) is 5.50. The van der Waals surface area contributed by atoms with E-state index in [9.17, 15) is 9.59 Å². The van der Waals surface area contributed by atoms with Gasteiger partial charge in [-0.3, -0.25) is 0 Å². The molecule has 1 aliphatic rings. The van der Waals surface area contributed by atoms with E-state index in [-0.39, 0.29) is 12.6 Å². The molecule has 1 atom stereocenters. The van der Waals surface area contributed by atoms with Crippen LogP contribution in [0.3, 0.4) is 0 Å². The smallest absolute Gasteiger partial charge is 0.338 e. The molecule has 1 aliphatic heterocycles. The summed E-state index contributed by atoms with van der Waals surface area (Å²) in [7, 11) is 0. The Morgan fingerprint density at radius 1 is 1.20 bits per heavy atom. The van der Waals surface area contributed by atoms with Gasteiger partial charge in [0.05, 0.1) is 18.2 Å². The van der Waals surface area contributed by atoms with E-state index in [0.29, 0.717) is 22.7 Å². The van der Waals surface area contributed by atoms with Crippen molar-refractivity contribution in [2.45, 2.75) is 19.9 Å². The Hall–Kier alpha value is -3.22. The Labute approximate surface area is 145 Å². The van der Waals surface area contributed by atoms with E-state index in [0.717, 1.165) is 5.56 Å². The monoisotopic (exact) mass is 338 g/mol. The minimum absolute atomic E-state index is 0.250. The van der Waals surface area contributed by atoms with Crippen LogP contribution in [0.1, 0.15) is 25.5 Å². The fourth-order valence-corrected chi connectivity index (χ4v) is 2.65. The van der Waals surface area contributed by atoms with Crippen LogP contribution in [-0.4, -0.2) is 28.6 Å². The molecule has 25 heavy (non-hydrogen) atoms. The van der Waals surface area contributed by atoms with E-state index in [1.165, 1.54) is 0 Å². The van der Waals surface area contributed by atoms with Gasteiger partial charge in [-0.1, -0.05) is 30.3 Å². The Morgan fingerprint density at radius 2 is 1.88 bits per heavy atom. The molecule has 0 unspecified atom stereocenters. The van der Waals surface area contributed by atoms with Gasteiger partial charge in [0.2, 0.25) is 0 Å². The SMILES string of the molecule is CCOC(=O)C1=C(C)NC(=O)N[C@@H]1c1cnc(-c2ccccc2)nc1. The summed E-state index contributed by atoms with van der Waals surface area (Å²) in [5.41, 5.74) is 2.30. The van der Waals surface area contributed by atoms with Crippen LogP contribution in [0.4, 0.5) is 4.79 Å². The molecular weight excluding hydrogens is 320 g/mol. The molecule has 7 heteroatoms. The summed E-state index contributed by atoms with van der Waals surface area (Å²) in [6.07, 6.45) is 3.22. The highest BCUT2D eigenvalue weighted by Gasteiger charge is 2.32. The summed E-state index contributed by atoms with van der Waals surface area (Å²) in [4.78, 5) is 32.8. The lowest BCUT2D eigenvalue weighted by molar-refractivity contribution is -0.139. The number of hydrogen-bond donors (Lipinski definition) is 2. The van der Waals surface area contributed by atoms with Crippen LogP contribution in [0.2, 0.25) is 0 Å². The number of esters is 1. The molecular formula is C18H18N4O3. The largest absolute Gasteiger partial charge is 0.463 e. The number of aromatic nitrogens is 2. The molecule has 1 aromatic heterocycles. The van der Waals surface area contributed by atoms with E-state index in [1.54, 1.807) is 26.2 Å². The molecule has 0 saturated heterocycles. The van der Waals surface area contributed by atoms with Crippen molar-refractivity contribution >= 4 is 12.0 Å². The predicted octanol–water partition coefficient (Wildman–Crippen LogP) is 2.33. The van der Waals surface area contributed by atoms with Gasteiger partial charge in [0, 0.05) is 29.2 Å². The summed E-state index contributed by atoms with van der Waals surface area (Å²) < 4.78 is 5.10. The van der Waals surface area contributed by atoms with Crippen LogP contribution in [0.5, 0.6) is 0 Å². The van der Waals surface area contributed by atoms with Gasteiger partial charge in [-0.15, -0.1) is 0 Å². The number of benzene rings is 1. The number of urea groups is 1. The van der Waals surface area contributed by atoms with Crippen LogP contribution < -0.4 is 10.6 Å². The second kappa shape index (κ2) is 7.12. The van der Waals surface area contributed by atoms with E-state index in [4.69, 9.17) is 4.74 Å². The van der Waals surface area contributed by atoms with Crippen LogP contribution >= 0.6 is 0 Å². The number of allylic oxidation sites excluding steroid dienone is 1. The van der Waals surface area contributed by atoms with Gasteiger partial charge >= 0.3 is 12.0 Å². The van der Waals surface area contributed by atoms with Crippen LogP contribution in [0, 0.1) is 0 Å². The molecule has 0 aliphatic carbocycles. The Kier molecular flexibility index (Phi) is 4.74. The van der Waals surface area contributed by atoms with Crippen molar-refractivity contribution in [2.75, 3.05) is 6.61 Å². The molecule has 0 spiro atoms. The van der Waals surface area contributed by atoms with Crippen molar-refractivity contribution < 1.29 is 14.3 Å². The average Bonchev–Trinajstić information content (AvgIpc) is 2.62. The van der Waals surface area contributed by atoms with Crippen LogP contribution in [0.25, 0.3) is 11.4 Å². The van der Waals surface area contributed by atoms with Crippen molar-refractivity contribution in [2.24, 2.45) is 0 Å². The number of carbonyl (C=O) groups excluding carboxylic acids is 2. The molecule has 0 saturated carbocycles. The molecule has 7 nitrogen and oxygen atoms in total. The van der Waals surface area contributed by atoms with Crippen LogP contribution in [0.15, 0.2) is 54.0 Å². The number of rotatable bonds is 4. The third kappa shape index (κ3) is 3.50. The average molecular weight is 338 g/mol. The van der Waals surface area contributed by atoms with Crippen molar-refractivity contribution in [3.63, 3.8) is 0 Å². The molecule has 0 radical (unpaired) electrons. The van der Waals surface area contributed by atoms with Gasteiger partial charge in [0.25, 0.3) is 0 Å². The minimum atomic E-state index is -0.655. The fourth-order valence-electron chi connectivity index (χ4n) is 2.65. The van der Waals surface area contributed by atoms with Crippen molar-refractivity contribution in [1.29, 1.82) is 0 Å².